The molecule has 0 heterocycles. The van der Waals surface area contributed by atoms with E-state index in [1.165, 1.54) is 25.7 Å². The Hall–Kier alpha value is -2.49. The van der Waals surface area contributed by atoms with Crippen LogP contribution in [0.25, 0.3) is 11.1 Å². The highest BCUT2D eigenvalue weighted by Gasteiger charge is 2.09. The SMILES string of the molecule is CCCCCCC(C)Oc1ccc(-c2ccc(C(=O)O)cc2)cc1N. The molecule has 0 bridgehead atoms. The molecule has 0 spiro atoms. The fraction of sp³-hybridized carbons (Fsp3) is 0.381. The summed E-state index contributed by atoms with van der Waals surface area (Å²) in [6.45, 7) is 4.28. The van der Waals surface area contributed by atoms with E-state index in [0.717, 1.165) is 17.5 Å². The van der Waals surface area contributed by atoms with Gasteiger partial charge in [0.1, 0.15) is 5.75 Å². The fourth-order valence-corrected chi connectivity index (χ4v) is 2.77. The van der Waals surface area contributed by atoms with Crippen molar-refractivity contribution >= 4 is 11.7 Å². The summed E-state index contributed by atoms with van der Waals surface area (Å²) >= 11 is 0. The lowest BCUT2D eigenvalue weighted by Crippen LogP contribution is -2.12. The third-order valence-corrected chi connectivity index (χ3v) is 4.27. The lowest BCUT2D eigenvalue weighted by atomic mass is 10.0. The number of unbranched alkanes of at least 4 members (excludes halogenated alkanes) is 3. The highest BCUT2D eigenvalue weighted by atomic mass is 16.5. The second-order valence-electron chi connectivity index (χ2n) is 6.41. The molecule has 0 fully saturated rings. The van der Waals surface area contributed by atoms with Crippen molar-refractivity contribution < 1.29 is 14.6 Å². The summed E-state index contributed by atoms with van der Waals surface area (Å²) in [6, 6.07) is 12.5. The van der Waals surface area contributed by atoms with E-state index in [1.54, 1.807) is 24.3 Å². The number of nitrogens with two attached hydrogens (primary N) is 1. The van der Waals surface area contributed by atoms with Gasteiger partial charge in [0.2, 0.25) is 0 Å². The number of nitrogen functional groups attached to an aromatic ring is 1. The zero-order valence-electron chi connectivity index (χ0n) is 15.0. The molecule has 0 aliphatic carbocycles. The lowest BCUT2D eigenvalue weighted by Gasteiger charge is -2.17. The molecule has 4 heteroatoms. The Morgan fingerprint density at radius 3 is 2.36 bits per heavy atom. The summed E-state index contributed by atoms with van der Waals surface area (Å²) in [4.78, 5) is 10.9. The quantitative estimate of drug-likeness (QED) is 0.475. The van der Waals surface area contributed by atoms with Crippen molar-refractivity contribution in [3.63, 3.8) is 0 Å². The van der Waals surface area contributed by atoms with E-state index in [0.29, 0.717) is 11.4 Å². The van der Waals surface area contributed by atoms with E-state index in [4.69, 9.17) is 15.6 Å². The average molecular weight is 341 g/mol. The number of aromatic carboxylic acids is 1. The van der Waals surface area contributed by atoms with Crippen molar-refractivity contribution in [3.8, 4) is 16.9 Å². The van der Waals surface area contributed by atoms with Crippen LogP contribution < -0.4 is 10.5 Å². The zero-order valence-corrected chi connectivity index (χ0v) is 15.0. The molecular formula is C21H27NO3. The Balaban J connectivity index is 2.01. The number of hydrogen-bond acceptors (Lipinski definition) is 3. The van der Waals surface area contributed by atoms with Gasteiger partial charge in [0.25, 0.3) is 0 Å². The van der Waals surface area contributed by atoms with Gasteiger partial charge in [-0.15, -0.1) is 0 Å². The van der Waals surface area contributed by atoms with Crippen molar-refractivity contribution in [3.05, 3.63) is 48.0 Å². The molecule has 0 radical (unpaired) electrons. The van der Waals surface area contributed by atoms with Gasteiger partial charge in [0.05, 0.1) is 17.4 Å². The predicted octanol–water partition coefficient (Wildman–Crippen LogP) is 5.37. The van der Waals surface area contributed by atoms with Crippen LogP contribution in [0.3, 0.4) is 0 Å². The first-order valence-electron chi connectivity index (χ1n) is 8.91. The van der Waals surface area contributed by atoms with E-state index in [-0.39, 0.29) is 11.7 Å². The van der Waals surface area contributed by atoms with E-state index >= 15 is 0 Å². The smallest absolute Gasteiger partial charge is 0.335 e. The second kappa shape index (κ2) is 9.11. The van der Waals surface area contributed by atoms with Crippen LogP contribution in [0.1, 0.15) is 56.3 Å². The largest absolute Gasteiger partial charge is 0.489 e. The standard InChI is InChI=1S/C21H27NO3/c1-3-4-5-6-7-15(2)25-20-13-12-18(14-19(20)22)16-8-10-17(11-9-16)21(23)24/h8-15H,3-7,22H2,1-2H3,(H,23,24). The highest BCUT2D eigenvalue weighted by Crippen LogP contribution is 2.30. The summed E-state index contributed by atoms with van der Waals surface area (Å²) in [5.74, 6) is -0.225. The molecule has 2 aromatic rings. The minimum atomic E-state index is -0.928. The summed E-state index contributed by atoms with van der Waals surface area (Å²) in [6.07, 6.45) is 6.08. The van der Waals surface area contributed by atoms with Crippen LogP contribution in [0, 0.1) is 0 Å². The van der Waals surface area contributed by atoms with Crippen molar-refractivity contribution in [1.82, 2.24) is 0 Å². The van der Waals surface area contributed by atoms with Gasteiger partial charge in [-0.05, 0) is 55.2 Å². The Labute approximate surface area is 149 Å². The van der Waals surface area contributed by atoms with Crippen LogP contribution in [-0.4, -0.2) is 17.2 Å². The topological polar surface area (TPSA) is 72.5 Å². The molecule has 4 nitrogen and oxygen atoms in total. The maximum absolute atomic E-state index is 10.9. The maximum atomic E-state index is 10.9. The maximum Gasteiger partial charge on any atom is 0.335 e. The number of anilines is 1. The molecule has 2 rings (SSSR count). The molecule has 0 amide bonds. The number of carbonyl (C=O) groups is 1. The van der Waals surface area contributed by atoms with Crippen LogP contribution in [-0.2, 0) is 0 Å². The molecule has 134 valence electrons. The van der Waals surface area contributed by atoms with Crippen LogP contribution in [0.2, 0.25) is 0 Å². The minimum absolute atomic E-state index is 0.139. The van der Waals surface area contributed by atoms with E-state index in [9.17, 15) is 4.79 Å². The number of rotatable bonds is 9. The van der Waals surface area contributed by atoms with E-state index < -0.39 is 5.97 Å². The molecule has 25 heavy (non-hydrogen) atoms. The van der Waals surface area contributed by atoms with Gasteiger partial charge in [-0.3, -0.25) is 0 Å². The van der Waals surface area contributed by atoms with Gasteiger partial charge < -0.3 is 15.6 Å². The zero-order chi connectivity index (χ0) is 18.2. The van der Waals surface area contributed by atoms with Crippen molar-refractivity contribution in [2.24, 2.45) is 0 Å². The predicted molar refractivity (Wildman–Crippen MR) is 102 cm³/mol. The molecule has 3 N–H and O–H groups in total. The van der Waals surface area contributed by atoms with Gasteiger partial charge in [0.15, 0.2) is 0 Å². The Morgan fingerprint density at radius 2 is 1.76 bits per heavy atom. The highest BCUT2D eigenvalue weighted by molar-refractivity contribution is 5.88. The van der Waals surface area contributed by atoms with Crippen LogP contribution in [0.5, 0.6) is 5.75 Å². The summed E-state index contributed by atoms with van der Waals surface area (Å²) < 4.78 is 5.96. The van der Waals surface area contributed by atoms with Crippen LogP contribution >= 0.6 is 0 Å². The van der Waals surface area contributed by atoms with Gasteiger partial charge >= 0.3 is 5.97 Å². The summed E-state index contributed by atoms with van der Waals surface area (Å²) in [7, 11) is 0. The van der Waals surface area contributed by atoms with Crippen molar-refractivity contribution in [2.75, 3.05) is 5.73 Å². The average Bonchev–Trinajstić information content (AvgIpc) is 2.60. The number of benzene rings is 2. The lowest BCUT2D eigenvalue weighted by molar-refractivity contribution is 0.0697. The Morgan fingerprint density at radius 1 is 1.08 bits per heavy atom. The third-order valence-electron chi connectivity index (χ3n) is 4.27. The third kappa shape index (κ3) is 5.52. The van der Waals surface area contributed by atoms with E-state index in [2.05, 4.69) is 13.8 Å². The van der Waals surface area contributed by atoms with Crippen molar-refractivity contribution in [2.45, 2.75) is 52.1 Å². The van der Waals surface area contributed by atoms with Gasteiger partial charge in [0, 0.05) is 0 Å². The molecule has 1 atom stereocenters. The van der Waals surface area contributed by atoms with Gasteiger partial charge in [-0.25, -0.2) is 4.79 Å². The Kier molecular flexibility index (Phi) is 6.87. The molecule has 0 aromatic heterocycles. The number of hydrogen-bond donors (Lipinski definition) is 2. The molecular weight excluding hydrogens is 314 g/mol. The first kappa shape index (κ1) is 18.8. The molecule has 0 aliphatic rings. The monoisotopic (exact) mass is 341 g/mol. The number of carboxylic acid groups (broad SMARTS) is 1. The number of ether oxygens (including phenoxy) is 1. The van der Waals surface area contributed by atoms with Crippen molar-refractivity contribution in [1.29, 1.82) is 0 Å². The summed E-state index contributed by atoms with van der Waals surface area (Å²) in [5, 5.41) is 8.97. The normalized spacial score (nSPS) is 11.9. The first-order chi connectivity index (χ1) is 12.0. The first-order valence-corrected chi connectivity index (χ1v) is 8.91. The molecule has 1 unspecified atom stereocenters. The molecule has 0 aliphatic heterocycles. The molecule has 0 saturated heterocycles. The minimum Gasteiger partial charge on any atom is -0.489 e. The van der Waals surface area contributed by atoms with E-state index in [1.807, 2.05) is 18.2 Å². The second-order valence-corrected chi connectivity index (χ2v) is 6.41. The van der Waals surface area contributed by atoms with Gasteiger partial charge in [-0.1, -0.05) is 44.4 Å². The molecule has 2 aromatic carbocycles. The van der Waals surface area contributed by atoms with Crippen LogP contribution in [0.4, 0.5) is 5.69 Å². The number of carboxylic acids is 1. The summed E-state index contributed by atoms with van der Waals surface area (Å²) in [5.41, 5.74) is 8.88. The fourth-order valence-electron chi connectivity index (χ4n) is 2.77. The molecule has 0 saturated carbocycles. The van der Waals surface area contributed by atoms with Crippen LogP contribution in [0.15, 0.2) is 42.5 Å². The van der Waals surface area contributed by atoms with Gasteiger partial charge in [-0.2, -0.15) is 0 Å². The Bertz CT molecular complexity index is 695.